The van der Waals surface area contributed by atoms with E-state index in [1.807, 2.05) is 36.4 Å². The van der Waals surface area contributed by atoms with Crippen molar-refractivity contribution in [3.05, 3.63) is 54.1 Å². The van der Waals surface area contributed by atoms with Gasteiger partial charge in [0, 0.05) is 5.39 Å². The molecule has 1 unspecified atom stereocenters. The number of allylic oxidation sites excluding steroid dienone is 1. The van der Waals surface area contributed by atoms with Crippen LogP contribution in [-0.2, 0) is 0 Å². The summed E-state index contributed by atoms with van der Waals surface area (Å²) in [5.74, 6) is 0.776. The Kier molecular flexibility index (Phi) is 3.55. The summed E-state index contributed by atoms with van der Waals surface area (Å²) in [5.41, 5.74) is 0.669. The maximum atomic E-state index is 11.9. The zero-order valence-electron chi connectivity index (χ0n) is 11.6. The molecule has 1 atom stereocenters. The van der Waals surface area contributed by atoms with Crippen molar-refractivity contribution in [2.24, 2.45) is 0 Å². The van der Waals surface area contributed by atoms with E-state index in [0.717, 1.165) is 35.8 Å². The number of rotatable bonds is 3. The van der Waals surface area contributed by atoms with Crippen LogP contribution in [0.5, 0.6) is 5.75 Å². The molecule has 0 fully saturated rings. The maximum absolute atomic E-state index is 11.9. The summed E-state index contributed by atoms with van der Waals surface area (Å²) < 4.78 is 6.15. The SMILES string of the molecule is CC(=O)c1ccc2ccccc2c1OC1C=CCCC1. The molecule has 0 spiro atoms. The normalized spacial score (nSPS) is 18.1. The van der Waals surface area contributed by atoms with Crippen LogP contribution in [0.15, 0.2) is 48.6 Å². The summed E-state index contributed by atoms with van der Waals surface area (Å²) in [7, 11) is 0. The first-order valence-electron chi connectivity index (χ1n) is 7.12. The van der Waals surface area contributed by atoms with Crippen molar-refractivity contribution < 1.29 is 9.53 Å². The zero-order valence-corrected chi connectivity index (χ0v) is 11.6. The quantitative estimate of drug-likeness (QED) is 0.602. The van der Waals surface area contributed by atoms with Gasteiger partial charge in [-0.25, -0.2) is 0 Å². The van der Waals surface area contributed by atoms with E-state index in [0.29, 0.717) is 5.56 Å². The van der Waals surface area contributed by atoms with E-state index < -0.39 is 0 Å². The summed E-state index contributed by atoms with van der Waals surface area (Å²) in [6.07, 6.45) is 7.61. The average molecular weight is 266 g/mol. The van der Waals surface area contributed by atoms with Crippen LogP contribution >= 0.6 is 0 Å². The highest BCUT2D eigenvalue weighted by atomic mass is 16.5. The Morgan fingerprint density at radius 2 is 2.05 bits per heavy atom. The molecule has 2 heteroatoms. The van der Waals surface area contributed by atoms with Crippen LogP contribution < -0.4 is 4.74 Å². The largest absolute Gasteiger partial charge is 0.485 e. The summed E-state index contributed by atoms with van der Waals surface area (Å²) in [4.78, 5) is 11.9. The first kappa shape index (κ1) is 12.9. The third-order valence-corrected chi connectivity index (χ3v) is 3.74. The lowest BCUT2D eigenvalue weighted by molar-refractivity contribution is 0.101. The van der Waals surface area contributed by atoms with Gasteiger partial charge >= 0.3 is 0 Å². The fourth-order valence-corrected chi connectivity index (χ4v) is 2.68. The lowest BCUT2D eigenvalue weighted by Gasteiger charge is -2.21. The van der Waals surface area contributed by atoms with E-state index in [9.17, 15) is 4.79 Å². The monoisotopic (exact) mass is 266 g/mol. The van der Waals surface area contributed by atoms with Crippen LogP contribution in [0, 0.1) is 0 Å². The summed E-state index contributed by atoms with van der Waals surface area (Å²) >= 11 is 0. The van der Waals surface area contributed by atoms with E-state index in [-0.39, 0.29) is 11.9 Å². The number of hydrogen-bond donors (Lipinski definition) is 0. The lowest BCUT2D eigenvalue weighted by atomic mass is 10.0. The van der Waals surface area contributed by atoms with E-state index in [2.05, 4.69) is 12.2 Å². The van der Waals surface area contributed by atoms with Crippen LogP contribution in [0.2, 0.25) is 0 Å². The van der Waals surface area contributed by atoms with Gasteiger partial charge in [0.1, 0.15) is 11.9 Å². The van der Waals surface area contributed by atoms with E-state index >= 15 is 0 Å². The first-order chi connectivity index (χ1) is 9.75. The standard InChI is InChI=1S/C18H18O2/c1-13(19)16-12-11-14-7-5-6-10-17(14)18(16)20-15-8-3-2-4-9-15/h3,5-8,10-12,15H,2,4,9H2,1H3. The fraction of sp³-hybridized carbons (Fsp3) is 0.278. The molecular formula is C18H18O2. The smallest absolute Gasteiger partial charge is 0.163 e. The second-order valence-corrected chi connectivity index (χ2v) is 5.23. The minimum absolute atomic E-state index is 0.0468. The topological polar surface area (TPSA) is 26.3 Å². The Morgan fingerprint density at radius 3 is 2.80 bits per heavy atom. The summed E-state index contributed by atoms with van der Waals surface area (Å²) in [6.45, 7) is 1.59. The highest BCUT2D eigenvalue weighted by molar-refractivity contribution is 6.03. The van der Waals surface area contributed by atoms with Crippen LogP contribution in [0.1, 0.15) is 36.5 Å². The minimum Gasteiger partial charge on any atom is -0.485 e. The highest BCUT2D eigenvalue weighted by Crippen LogP contribution is 2.32. The van der Waals surface area contributed by atoms with Crippen LogP contribution in [0.4, 0.5) is 0 Å². The number of Topliss-reactive ketones (excluding diaryl/α,β-unsaturated/α-hetero) is 1. The molecule has 2 aromatic rings. The van der Waals surface area contributed by atoms with Gasteiger partial charge in [0.2, 0.25) is 0 Å². The van der Waals surface area contributed by atoms with Gasteiger partial charge in [-0.1, -0.05) is 36.4 Å². The Balaban J connectivity index is 2.09. The number of carbonyl (C=O) groups is 1. The molecule has 0 radical (unpaired) electrons. The number of carbonyl (C=O) groups excluding carboxylic acids is 1. The predicted octanol–water partition coefficient (Wildman–Crippen LogP) is 4.53. The van der Waals surface area contributed by atoms with Gasteiger partial charge in [-0.2, -0.15) is 0 Å². The molecule has 0 amide bonds. The third kappa shape index (κ3) is 2.46. The Labute approximate surface area is 119 Å². The second kappa shape index (κ2) is 5.49. The molecular weight excluding hydrogens is 248 g/mol. The molecule has 0 aliphatic heterocycles. The first-order valence-corrected chi connectivity index (χ1v) is 7.12. The zero-order chi connectivity index (χ0) is 13.9. The van der Waals surface area contributed by atoms with Gasteiger partial charge in [0.05, 0.1) is 5.56 Å². The molecule has 0 bridgehead atoms. The van der Waals surface area contributed by atoms with Crippen molar-refractivity contribution in [3.63, 3.8) is 0 Å². The van der Waals surface area contributed by atoms with Crippen LogP contribution in [-0.4, -0.2) is 11.9 Å². The maximum Gasteiger partial charge on any atom is 0.163 e. The number of ether oxygens (including phenoxy) is 1. The molecule has 2 aromatic carbocycles. The number of ketones is 1. The van der Waals surface area contributed by atoms with E-state index in [1.165, 1.54) is 0 Å². The van der Waals surface area contributed by atoms with E-state index in [1.54, 1.807) is 6.92 Å². The molecule has 2 nitrogen and oxygen atoms in total. The predicted molar refractivity (Wildman–Crippen MR) is 81.4 cm³/mol. The Morgan fingerprint density at radius 1 is 1.20 bits per heavy atom. The third-order valence-electron chi connectivity index (χ3n) is 3.74. The van der Waals surface area contributed by atoms with Gasteiger partial charge in [0.15, 0.2) is 5.78 Å². The van der Waals surface area contributed by atoms with Crippen molar-refractivity contribution in [3.8, 4) is 5.75 Å². The lowest BCUT2D eigenvalue weighted by Crippen LogP contribution is -2.17. The number of hydrogen-bond acceptors (Lipinski definition) is 2. The van der Waals surface area contributed by atoms with Gasteiger partial charge in [-0.3, -0.25) is 4.79 Å². The summed E-state index contributed by atoms with van der Waals surface area (Å²) in [5, 5.41) is 2.12. The van der Waals surface area contributed by atoms with Gasteiger partial charge in [-0.15, -0.1) is 0 Å². The van der Waals surface area contributed by atoms with Gasteiger partial charge in [0.25, 0.3) is 0 Å². The van der Waals surface area contributed by atoms with Crippen molar-refractivity contribution in [2.45, 2.75) is 32.3 Å². The molecule has 0 saturated heterocycles. The van der Waals surface area contributed by atoms with Crippen molar-refractivity contribution in [2.75, 3.05) is 0 Å². The van der Waals surface area contributed by atoms with Crippen molar-refractivity contribution >= 4 is 16.6 Å². The molecule has 102 valence electrons. The number of benzene rings is 2. The molecule has 1 aliphatic rings. The molecule has 1 aliphatic carbocycles. The molecule has 0 N–H and O–H groups in total. The van der Waals surface area contributed by atoms with Gasteiger partial charge in [-0.05, 0) is 43.7 Å². The molecule has 3 rings (SSSR count). The molecule has 0 heterocycles. The van der Waals surface area contributed by atoms with E-state index in [4.69, 9.17) is 4.74 Å². The minimum atomic E-state index is 0.0468. The summed E-state index contributed by atoms with van der Waals surface area (Å²) in [6, 6.07) is 11.9. The highest BCUT2D eigenvalue weighted by Gasteiger charge is 2.17. The van der Waals surface area contributed by atoms with Crippen LogP contribution in [0.3, 0.4) is 0 Å². The average Bonchev–Trinajstić information content (AvgIpc) is 2.48. The Bertz CT molecular complexity index is 670. The molecule has 0 saturated carbocycles. The van der Waals surface area contributed by atoms with Crippen molar-refractivity contribution in [1.82, 2.24) is 0 Å². The van der Waals surface area contributed by atoms with Crippen LogP contribution in [0.25, 0.3) is 10.8 Å². The molecule has 0 aromatic heterocycles. The number of fused-ring (bicyclic) bond motifs is 1. The van der Waals surface area contributed by atoms with Crippen molar-refractivity contribution in [1.29, 1.82) is 0 Å². The fourth-order valence-electron chi connectivity index (χ4n) is 2.68. The van der Waals surface area contributed by atoms with Gasteiger partial charge < -0.3 is 4.74 Å². The molecule has 20 heavy (non-hydrogen) atoms. The second-order valence-electron chi connectivity index (χ2n) is 5.23. The Hall–Kier alpha value is -2.09.